The minimum absolute atomic E-state index is 0.00753. The Bertz CT molecular complexity index is 1330. The summed E-state index contributed by atoms with van der Waals surface area (Å²) in [5, 5.41) is 3.05. The maximum Gasteiger partial charge on any atom is 0.255 e. The van der Waals surface area contributed by atoms with Gasteiger partial charge in [0.15, 0.2) is 11.4 Å². The minimum Gasteiger partial charge on any atom is -0.349 e. The molecule has 3 aromatic heterocycles. The highest BCUT2D eigenvalue weighted by Gasteiger charge is 2.24. The second kappa shape index (κ2) is 9.50. The summed E-state index contributed by atoms with van der Waals surface area (Å²) < 4.78 is 0. The van der Waals surface area contributed by atoms with E-state index in [1.54, 1.807) is 12.4 Å². The van der Waals surface area contributed by atoms with Crippen molar-refractivity contribution in [1.82, 2.24) is 20.3 Å². The Morgan fingerprint density at radius 3 is 2.56 bits per heavy atom. The normalized spacial score (nSPS) is 12.6. The maximum absolute atomic E-state index is 12.9. The molecule has 0 aliphatic heterocycles. The summed E-state index contributed by atoms with van der Waals surface area (Å²) in [6.07, 6.45) is 4.49. The zero-order chi connectivity index (χ0) is 24.5. The molecule has 0 radical (unpaired) electrons. The Morgan fingerprint density at radius 2 is 1.85 bits per heavy atom. The molecule has 0 saturated carbocycles. The lowest BCUT2D eigenvalue weighted by molar-refractivity contribution is 0.0911. The summed E-state index contributed by atoms with van der Waals surface area (Å²) in [4.78, 5) is 39.4. The van der Waals surface area contributed by atoms with Gasteiger partial charge in [0.2, 0.25) is 0 Å². The van der Waals surface area contributed by atoms with Crippen LogP contribution in [0.5, 0.6) is 0 Å². The fourth-order valence-corrected chi connectivity index (χ4v) is 4.36. The quantitative estimate of drug-likeness (QED) is 0.323. The van der Waals surface area contributed by atoms with Gasteiger partial charge in [-0.1, -0.05) is 50.6 Å². The molecule has 4 rings (SSSR count). The molecule has 6 nitrogen and oxygen atoms in total. The third-order valence-electron chi connectivity index (χ3n) is 6.17. The SMILES string of the molecule is Cc1ccc(CCC(=O)c2ccc(-c3cnc4[nH]cc(C(=O)N[C@@H](C)C(C)(C)C)c4n3)s2)cc1. The molecule has 176 valence electrons. The van der Waals surface area contributed by atoms with Crippen LogP contribution in [-0.4, -0.2) is 32.7 Å². The molecule has 3 heterocycles. The van der Waals surface area contributed by atoms with Crippen LogP contribution in [0.15, 0.2) is 48.8 Å². The van der Waals surface area contributed by atoms with Crippen LogP contribution >= 0.6 is 11.3 Å². The van der Waals surface area contributed by atoms with E-state index in [1.807, 2.05) is 19.1 Å². The van der Waals surface area contributed by atoms with Gasteiger partial charge in [-0.05, 0) is 43.4 Å². The van der Waals surface area contributed by atoms with Crippen LogP contribution < -0.4 is 5.32 Å². The molecular formula is C27H30N4O2S. The van der Waals surface area contributed by atoms with Crippen molar-refractivity contribution < 1.29 is 9.59 Å². The number of hydrogen-bond donors (Lipinski definition) is 2. The average molecular weight is 475 g/mol. The molecule has 34 heavy (non-hydrogen) atoms. The van der Waals surface area contributed by atoms with E-state index >= 15 is 0 Å². The average Bonchev–Trinajstić information content (AvgIpc) is 3.45. The standard InChI is InChI=1S/C27H30N4O2S/c1-16-6-8-18(9-7-16)10-11-21(32)23-13-12-22(34-23)20-15-29-25-24(31-20)19(14-28-25)26(33)30-17(2)27(3,4)5/h6-9,12-15,17H,10-11H2,1-5H3,(H,28,29)(H,30,33)/t17-/m0/s1. The zero-order valence-electron chi connectivity index (χ0n) is 20.2. The van der Waals surface area contributed by atoms with Crippen LogP contribution in [0, 0.1) is 12.3 Å². The predicted octanol–water partition coefficient (Wildman–Crippen LogP) is 5.97. The molecule has 0 fully saturated rings. The highest BCUT2D eigenvalue weighted by molar-refractivity contribution is 7.17. The van der Waals surface area contributed by atoms with Gasteiger partial charge in [-0.2, -0.15) is 0 Å². The van der Waals surface area contributed by atoms with Crippen molar-refractivity contribution in [2.45, 2.75) is 53.5 Å². The summed E-state index contributed by atoms with van der Waals surface area (Å²) in [6, 6.07) is 12.0. The first kappa shape index (κ1) is 23.8. The fourth-order valence-electron chi connectivity index (χ4n) is 3.44. The zero-order valence-corrected chi connectivity index (χ0v) is 21.0. The van der Waals surface area contributed by atoms with Gasteiger partial charge >= 0.3 is 0 Å². The third-order valence-corrected chi connectivity index (χ3v) is 7.32. The molecule has 0 saturated heterocycles. The lowest BCUT2D eigenvalue weighted by Gasteiger charge is -2.27. The molecule has 0 bridgehead atoms. The summed E-state index contributed by atoms with van der Waals surface area (Å²) in [7, 11) is 0. The number of nitrogens with one attached hydrogen (secondary N) is 2. The molecule has 7 heteroatoms. The van der Waals surface area contributed by atoms with Gasteiger partial charge in [0, 0.05) is 18.7 Å². The van der Waals surface area contributed by atoms with Crippen LogP contribution in [0.4, 0.5) is 0 Å². The van der Waals surface area contributed by atoms with Gasteiger partial charge in [-0.25, -0.2) is 9.97 Å². The van der Waals surface area contributed by atoms with Crippen molar-refractivity contribution in [3.63, 3.8) is 0 Å². The van der Waals surface area contributed by atoms with Gasteiger partial charge in [-0.3, -0.25) is 9.59 Å². The number of amides is 1. The summed E-state index contributed by atoms with van der Waals surface area (Å²) in [5.41, 5.74) is 4.51. The Hall–Kier alpha value is -3.32. The molecular weight excluding hydrogens is 444 g/mol. The number of thiophene rings is 1. The number of ketones is 1. The first-order chi connectivity index (χ1) is 16.1. The van der Waals surface area contributed by atoms with Crippen LogP contribution in [0.25, 0.3) is 21.7 Å². The fraction of sp³-hybridized carbons (Fsp3) is 0.333. The maximum atomic E-state index is 12.9. The summed E-state index contributed by atoms with van der Waals surface area (Å²) in [6.45, 7) is 10.3. The molecule has 0 aliphatic rings. The summed E-state index contributed by atoms with van der Waals surface area (Å²) >= 11 is 1.41. The van der Waals surface area contributed by atoms with E-state index in [2.05, 4.69) is 67.2 Å². The number of aryl methyl sites for hydroxylation is 2. The van der Waals surface area contributed by atoms with Crippen molar-refractivity contribution in [3.8, 4) is 10.6 Å². The first-order valence-electron chi connectivity index (χ1n) is 11.5. The lowest BCUT2D eigenvalue weighted by Crippen LogP contribution is -2.41. The second-order valence-electron chi connectivity index (χ2n) is 9.79. The minimum atomic E-state index is -0.182. The van der Waals surface area contributed by atoms with E-state index in [0.717, 1.165) is 10.4 Å². The number of aromatic amines is 1. The van der Waals surface area contributed by atoms with E-state index in [-0.39, 0.29) is 23.1 Å². The van der Waals surface area contributed by atoms with Crippen LogP contribution in [0.2, 0.25) is 0 Å². The van der Waals surface area contributed by atoms with Crippen molar-refractivity contribution in [2.24, 2.45) is 5.41 Å². The Labute approximate surface area is 203 Å². The number of nitrogens with zero attached hydrogens (tertiary/aromatic N) is 2. The molecule has 2 N–H and O–H groups in total. The third kappa shape index (κ3) is 5.25. The molecule has 0 spiro atoms. The Kier molecular flexibility index (Phi) is 6.66. The number of aromatic nitrogens is 3. The van der Waals surface area contributed by atoms with Crippen LogP contribution in [0.1, 0.15) is 65.3 Å². The molecule has 0 unspecified atom stereocenters. The second-order valence-corrected chi connectivity index (χ2v) is 10.9. The topological polar surface area (TPSA) is 87.7 Å². The van der Waals surface area contributed by atoms with Crippen LogP contribution in [0.3, 0.4) is 0 Å². The van der Waals surface area contributed by atoms with Crippen molar-refractivity contribution in [3.05, 3.63) is 70.4 Å². The van der Waals surface area contributed by atoms with E-state index in [0.29, 0.717) is 40.1 Å². The molecule has 4 aromatic rings. The number of Topliss-reactive ketones (excluding diaryl/α,β-unsaturated/α-hetero) is 1. The Morgan fingerprint density at radius 1 is 1.12 bits per heavy atom. The number of H-pyrrole nitrogens is 1. The first-order valence-corrected chi connectivity index (χ1v) is 12.3. The lowest BCUT2D eigenvalue weighted by atomic mass is 9.88. The number of fused-ring (bicyclic) bond motifs is 1. The number of carbonyl (C=O) groups is 2. The van der Waals surface area contributed by atoms with E-state index in [9.17, 15) is 9.59 Å². The van der Waals surface area contributed by atoms with Crippen molar-refractivity contribution in [2.75, 3.05) is 0 Å². The van der Waals surface area contributed by atoms with Gasteiger partial charge in [0.1, 0.15) is 5.52 Å². The number of benzene rings is 1. The monoisotopic (exact) mass is 474 g/mol. The number of rotatable bonds is 7. The highest BCUT2D eigenvalue weighted by atomic mass is 32.1. The van der Waals surface area contributed by atoms with E-state index in [1.165, 1.54) is 16.9 Å². The van der Waals surface area contributed by atoms with Gasteiger partial charge < -0.3 is 10.3 Å². The van der Waals surface area contributed by atoms with Crippen molar-refractivity contribution in [1.29, 1.82) is 0 Å². The van der Waals surface area contributed by atoms with Gasteiger partial charge in [0.05, 0.1) is 27.2 Å². The molecule has 1 aromatic carbocycles. The molecule has 0 aliphatic carbocycles. The number of carbonyl (C=O) groups excluding carboxylic acids is 2. The predicted molar refractivity (Wildman–Crippen MR) is 137 cm³/mol. The molecule has 1 amide bonds. The van der Waals surface area contributed by atoms with Gasteiger partial charge in [-0.15, -0.1) is 11.3 Å². The summed E-state index contributed by atoms with van der Waals surface area (Å²) in [5.74, 6) is -0.0676. The van der Waals surface area contributed by atoms with E-state index in [4.69, 9.17) is 4.98 Å². The van der Waals surface area contributed by atoms with Gasteiger partial charge in [0.25, 0.3) is 5.91 Å². The van der Waals surface area contributed by atoms with E-state index < -0.39 is 0 Å². The number of hydrogen-bond acceptors (Lipinski definition) is 5. The highest BCUT2D eigenvalue weighted by Crippen LogP contribution is 2.29. The Balaban J connectivity index is 1.51. The smallest absolute Gasteiger partial charge is 0.255 e. The van der Waals surface area contributed by atoms with Crippen LogP contribution in [-0.2, 0) is 6.42 Å². The molecule has 1 atom stereocenters. The van der Waals surface area contributed by atoms with Crippen molar-refractivity contribution >= 4 is 34.2 Å². The largest absolute Gasteiger partial charge is 0.349 e.